The molecular weight excluding hydrogens is 436 g/mol. The predicted molar refractivity (Wildman–Crippen MR) is 144 cm³/mol. The van der Waals surface area contributed by atoms with Gasteiger partial charge < -0.3 is 24.8 Å². The summed E-state index contributed by atoms with van der Waals surface area (Å²) in [4.78, 5) is 22.2. The summed E-state index contributed by atoms with van der Waals surface area (Å²) in [6.07, 6.45) is 4.03. The molecule has 1 atom stereocenters. The maximum Gasteiger partial charge on any atom is 0.321 e. The Hall–Kier alpha value is -4.00. The first-order valence-electron chi connectivity index (χ1n) is 12.1. The molecule has 180 valence electrons. The van der Waals surface area contributed by atoms with Gasteiger partial charge in [-0.3, -0.25) is 0 Å². The lowest BCUT2D eigenvalue weighted by molar-refractivity contribution is 0.191. The van der Waals surface area contributed by atoms with Crippen LogP contribution >= 0.6 is 0 Å². The highest BCUT2D eigenvalue weighted by molar-refractivity contribution is 5.89. The van der Waals surface area contributed by atoms with Gasteiger partial charge in [0.1, 0.15) is 5.82 Å². The molecule has 1 aliphatic heterocycles. The fourth-order valence-electron chi connectivity index (χ4n) is 4.80. The van der Waals surface area contributed by atoms with Crippen molar-refractivity contribution < 1.29 is 4.79 Å². The monoisotopic (exact) mass is 468 g/mol. The quantitative estimate of drug-likeness (QED) is 0.405. The fourth-order valence-corrected chi connectivity index (χ4v) is 4.80. The highest BCUT2D eigenvalue weighted by atomic mass is 16.2. The Morgan fingerprint density at radius 1 is 1.03 bits per heavy atom. The van der Waals surface area contributed by atoms with Crippen molar-refractivity contribution in [2.45, 2.75) is 18.8 Å². The molecule has 3 heterocycles. The third kappa shape index (κ3) is 4.67. The molecule has 0 aliphatic carbocycles. The van der Waals surface area contributed by atoms with E-state index in [1.807, 2.05) is 73.4 Å². The van der Waals surface area contributed by atoms with Gasteiger partial charge in [0.2, 0.25) is 0 Å². The van der Waals surface area contributed by atoms with Crippen molar-refractivity contribution in [3.63, 3.8) is 0 Å². The van der Waals surface area contributed by atoms with Gasteiger partial charge in [-0.1, -0.05) is 18.2 Å². The van der Waals surface area contributed by atoms with Gasteiger partial charge in [-0.05, 0) is 61.4 Å². The Bertz CT molecular complexity index is 1330. The number of pyridine rings is 1. The van der Waals surface area contributed by atoms with Crippen LogP contribution in [0.1, 0.15) is 24.6 Å². The number of fused-ring (bicyclic) bond motifs is 1. The summed E-state index contributed by atoms with van der Waals surface area (Å²) in [6, 6.07) is 22.4. The molecule has 35 heavy (non-hydrogen) atoms. The zero-order chi connectivity index (χ0) is 24.4. The van der Waals surface area contributed by atoms with Gasteiger partial charge in [-0.15, -0.1) is 0 Å². The van der Waals surface area contributed by atoms with Gasteiger partial charge in [-0.2, -0.15) is 0 Å². The molecule has 1 saturated heterocycles. The molecule has 5 rings (SSSR count). The average molecular weight is 469 g/mol. The maximum absolute atomic E-state index is 13.1. The van der Waals surface area contributed by atoms with E-state index in [2.05, 4.69) is 45.5 Å². The van der Waals surface area contributed by atoms with E-state index in [0.717, 1.165) is 59.0 Å². The SMILES string of the molecule is CNc1cccc(-c2nc([C@@H]3CCCN(C(=O)Nc4ccc(N(C)C)cc4)C3)n3ccccc23)c1. The first-order chi connectivity index (χ1) is 17.0. The number of nitrogens with zero attached hydrogens (tertiary/aromatic N) is 4. The molecule has 4 aromatic rings. The molecule has 7 nitrogen and oxygen atoms in total. The summed E-state index contributed by atoms with van der Waals surface area (Å²) in [6.45, 7) is 1.39. The number of piperidine rings is 1. The molecule has 2 aromatic carbocycles. The molecule has 1 fully saturated rings. The van der Waals surface area contributed by atoms with E-state index >= 15 is 0 Å². The summed E-state index contributed by atoms with van der Waals surface area (Å²) >= 11 is 0. The number of urea groups is 1. The normalized spacial score (nSPS) is 15.7. The molecule has 0 spiro atoms. The minimum atomic E-state index is -0.0601. The largest absolute Gasteiger partial charge is 0.388 e. The lowest BCUT2D eigenvalue weighted by Crippen LogP contribution is -2.42. The first kappa shape index (κ1) is 22.8. The number of anilines is 3. The number of aromatic nitrogens is 2. The van der Waals surface area contributed by atoms with Gasteiger partial charge in [0.25, 0.3) is 0 Å². The van der Waals surface area contributed by atoms with Crippen LogP contribution in [0.3, 0.4) is 0 Å². The van der Waals surface area contributed by atoms with Crippen LogP contribution in [-0.2, 0) is 0 Å². The van der Waals surface area contributed by atoms with Crippen molar-refractivity contribution >= 4 is 28.6 Å². The van der Waals surface area contributed by atoms with Crippen LogP contribution in [0.4, 0.5) is 21.9 Å². The smallest absolute Gasteiger partial charge is 0.321 e. The van der Waals surface area contributed by atoms with Crippen molar-refractivity contribution in [1.82, 2.24) is 14.3 Å². The van der Waals surface area contributed by atoms with Crippen LogP contribution in [0.5, 0.6) is 0 Å². The Balaban J connectivity index is 1.39. The molecule has 7 heteroatoms. The van der Waals surface area contributed by atoms with E-state index < -0.39 is 0 Å². The van der Waals surface area contributed by atoms with E-state index in [4.69, 9.17) is 4.98 Å². The van der Waals surface area contributed by atoms with Gasteiger partial charge in [0.05, 0.1) is 11.2 Å². The number of carbonyl (C=O) groups excluding carboxylic acids is 1. The van der Waals surface area contributed by atoms with Crippen molar-refractivity contribution in [3.05, 3.63) is 78.8 Å². The van der Waals surface area contributed by atoms with Crippen molar-refractivity contribution in [1.29, 1.82) is 0 Å². The Kier molecular flexibility index (Phi) is 6.31. The van der Waals surface area contributed by atoms with Crippen LogP contribution in [-0.4, -0.2) is 54.5 Å². The van der Waals surface area contributed by atoms with Gasteiger partial charge in [0.15, 0.2) is 0 Å². The zero-order valence-electron chi connectivity index (χ0n) is 20.5. The Morgan fingerprint density at radius 2 is 1.86 bits per heavy atom. The number of amides is 2. The Morgan fingerprint density at radius 3 is 2.63 bits per heavy atom. The van der Waals surface area contributed by atoms with Crippen LogP contribution in [0.15, 0.2) is 72.9 Å². The summed E-state index contributed by atoms with van der Waals surface area (Å²) < 4.78 is 2.19. The molecule has 1 aliphatic rings. The molecular formula is C28H32N6O. The third-order valence-corrected chi connectivity index (χ3v) is 6.71. The zero-order valence-corrected chi connectivity index (χ0v) is 20.5. The first-order valence-corrected chi connectivity index (χ1v) is 12.1. The van der Waals surface area contributed by atoms with E-state index in [0.29, 0.717) is 6.54 Å². The number of carbonyl (C=O) groups is 1. The van der Waals surface area contributed by atoms with Gasteiger partial charge in [-0.25, -0.2) is 9.78 Å². The summed E-state index contributed by atoms with van der Waals surface area (Å²) in [5.41, 5.74) is 6.10. The molecule has 0 saturated carbocycles. The average Bonchev–Trinajstić information content (AvgIpc) is 3.29. The Labute approximate surface area is 206 Å². The van der Waals surface area contributed by atoms with Crippen molar-refractivity contribution in [3.8, 4) is 11.3 Å². The second kappa shape index (κ2) is 9.70. The van der Waals surface area contributed by atoms with E-state index in [9.17, 15) is 4.79 Å². The van der Waals surface area contributed by atoms with E-state index in [-0.39, 0.29) is 11.9 Å². The van der Waals surface area contributed by atoms with Crippen molar-refractivity contribution in [2.24, 2.45) is 0 Å². The predicted octanol–water partition coefficient (Wildman–Crippen LogP) is 5.52. The second-order valence-corrected chi connectivity index (χ2v) is 9.26. The number of hydrogen-bond acceptors (Lipinski definition) is 4. The number of hydrogen-bond donors (Lipinski definition) is 2. The van der Waals surface area contributed by atoms with Crippen LogP contribution in [0, 0.1) is 0 Å². The fraction of sp³-hybridized carbons (Fsp3) is 0.286. The van der Waals surface area contributed by atoms with Crippen molar-refractivity contribution in [2.75, 3.05) is 49.8 Å². The second-order valence-electron chi connectivity index (χ2n) is 9.26. The minimum Gasteiger partial charge on any atom is -0.388 e. The van der Waals surface area contributed by atoms with Gasteiger partial charge in [0, 0.05) is 69.0 Å². The molecule has 2 N–H and O–H groups in total. The van der Waals surface area contributed by atoms with Gasteiger partial charge >= 0.3 is 6.03 Å². The number of likely N-dealkylation sites (tertiary alicyclic amines) is 1. The van der Waals surface area contributed by atoms with Crippen LogP contribution in [0.25, 0.3) is 16.8 Å². The van der Waals surface area contributed by atoms with E-state index in [1.165, 1.54) is 0 Å². The van der Waals surface area contributed by atoms with Crippen LogP contribution in [0.2, 0.25) is 0 Å². The standard InChI is InChI=1S/C28H32N6O/c1-29-23-10-6-8-20(18-23)26-25-11-4-5-17-34(25)27(31-26)21-9-7-16-33(19-21)28(35)30-22-12-14-24(15-13-22)32(2)3/h4-6,8,10-15,17-18,21,29H,7,9,16,19H2,1-3H3,(H,30,35)/t21-/m1/s1. The number of imidazole rings is 1. The molecule has 2 aromatic heterocycles. The topological polar surface area (TPSA) is 64.9 Å². The molecule has 2 amide bonds. The lowest BCUT2D eigenvalue weighted by Gasteiger charge is -2.32. The van der Waals surface area contributed by atoms with Crippen LogP contribution < -0.4 is 15.5 Å². The number of rotatable bonds is 5. The number of benzene rings is 2. The highest BCUT2D eigenvalue weighted by Crippen LogP contribution is 2.33. The third-order valence-electron chi connectivity index (χ3n) is 6.71. The molecule has 0 radical (unpaired) electrons. The summed E-state index contributed by atoms with van der Waals surface area (Å²) in [5.74, 6) is 1.18. The molecule has 0 unspecified atom stereocenters. The summed E-state index contributed by atoms with van der Waals surface area (Å²) in [7, 11) is 5.93. The molecule has 0 bridgehead atoms. The highest BCUT2D eigenvalue weighted by Gasteiger charge is 2.28. The van der Waals surface area contributed by atoms with E-state index in [1.54, 1.807) is 0 Å². The summed E-state index contributed by atoms with van der Waals surface area (Å²) in [5, 5.41) is 6.28. The minimum absolute atomic E-state index is 0.0601. The number of nitrogens with one attached hydrogen (secondary N) is 2. The maximum atomic E-state index is 13.1. The lowest BCUT2D eigenvalue weighted by atomic mass is 9.97.